The summed E-state index contributed by atoms with van der Waals surface area (Å²) in [7, 11) is 0. The monoisotopic (exact) mass is 259 g/mol. The van der Waals surface area contributed by atoms with Crippen molar-refractivity contribution < 1.29 is 13.9 Å². The molecule has 4 heteroatoms. The molecule has 0 spiro atoms. The van der Waals surface area contributed by atoms with Crippen LogP contribution in [0.1, 0.15) is 22.6 Å². The summed E-state index contributed by atoms with van der Waals surface area (Å²) in [5, 5.41) is 0. The number of ether oxygens (including phenoxy) is 2. The lowest BCUT2D eigenvalue weighted by atomic mass is 10.0. The molecular formula is C15H17NO3. The molecule has 1 aromatic heterocycles. The van der Waals surface area contributed by atoms with Crippen LogP contribution in [-0.2, 0) is 13.0 Å². The first kappa shape index (κ1) is 12.1. The maximum Gasteiger partial charge on any atom is 0.161 e. The summed E-state index contributed by atoms with van der Waals surface area (Å²) in [5.41, 5.74) is 7.91. The number of benzene rings is 1. The average molecular weight is 259 g/mol. The molecule has 3 rings (SSSR count). The van der Waals surface area contributed by atoms with Crippen LogP contribution in [0.15, 0.2) is 28.7 Å². The molecule has 19 heavy (non-hydrogen) atoms. The van der Waals surface area contributed by atoms with E-state index in [1.165, 1.54) is 11.1 Å². The van der Waals surface area contributed by atoms with Crippen molar-refractivity contribution in [1.29, 1.82) is 0 Å². The molecule has 0 bridgehead atoms. The summed E-state index contributed by atoms with van der Waals surface area (Å²) in [4.78, 5) is 0. The number of nitrogens with two attached hydrogens (primary N) is 1. The van der Waals surface area contributed by atoms with Crippen molar-refractivity contribution in [2.45, 2.75) is 19.9 Å². The zero-order valence-corrected chi connectivity index (χ0v) is 10.9. The van der Waals surface area contributed by atoms with E-state index in [2.05, 4.69) is 6.92 Å². The van der Waals surface area contributed by atoms with E-state index in [9.17, 15) is 0 Å². The van der Waals surface area contributed by atoms with Gasteiger partial charge in [0.25, 0.3) is 0 Å². The zero-order chi connectivity index (χ0) is 13.2. The number of rotatable bonds is 3. The fourth-order valence-corrected chi connectivity index (χ4v) is 2.24. The first-order chi connectivity index (χ1) is 9.26. The molecule has 2 N–H and O–H groups in total. The third-order valence-electron chi connectivity index (χ3n) is 3.28. The first-order valence-electron chi connectivity index (χ1n) is 6.43. The smallest absolute Gasteiger partial charge is 0.161 e. The van der Waals surface area contributed by atoms with Crippen LogP contribution in [-0.4, -0.2) is 13.2 Å². The molecule has 100 valence electrons. The number of furan rings is 1. The van der Waals surface area contributed by atoms with Crippen LogP contribution in [0, 0.1) is 6.92 Å². The van der Waals surface area contributed by atoms with Crippen LogP contribution in [0.25, 0.3) is 0 Å². The Morgan fingerprint density at radius 1 is 1.05 bits per heavy atom. The Bertz CT molecular complexity index is 589. The lowest BCUT2D eigenvalue weighted by molar-refractivity contribution is 0.171. The Kier molecular flexibility index (Phi) is 3.17. The third kappa shape index (κ3) is 2.44. The van der Waals surface area contributed by atoms with Gasteiger partial charge in [0.15, 0.2) is 11.5 Å². The quantitative estimate of drug-likeness (QED) is 0.919. The van der Waals surface area contributed by atoms with E-state index in [0.717, 1.165) is 29.4 Å². The fourth-order valence-electron chi connectivity index (χ4n) is 2.24. The molecule has 0 unspecified atom stereocenters. The van der Waals surface area contributed by atoms with Crippen molar-refractivity contribution in [1.82, 2.24) is 0 Å². The highest BCUT2D eigenvalue weighted by atomic mass is 16.6. The van der Waals surface area contributed by atoms with Gasteiger partial charge in [-0.3, -0.25) is 0 Å². The van der Waals surface area contributed by atoms with E-state index in [1.54, 1.807) is 0 Å². The summed E-state index contributed by atoms with van der Waals surface area (Å²) in [6, 6.07) is 7.95. The summed E-state index contributed by atoms with van der Waals surface area (Å²) in [5.74, 6) is 3.37. The lowest BCUT2D eigenvalue weighted by Gasteiger charge is -2.20. The molecule has 0 saturated carbocycles. The topological polar surface area (TPSA) is 57.6 Å². The largest absolute Gasteiger partial charge is 0.486 e. The molecule has 0 fully saturated rings. The standard InChI is InChI=1S/C15H17NO3/c1-10-6-14-15(18-5-4-17-14)8-11(10)7-12-2-3-13(9-16)19-12/h2-3,6,8H,4-5,7,9,16H2,1H3. The second-order valence-corrected chi connectivity index (χ2v) is 4.67. The molecule has 0 atom stereocenters. The van der Waals surface area contributed by atoms with Gasteiger partial charge in [-0.1, -0.05) is 0 Å². The normalized spacial score (nSPS) is 13.6. The van der Waals surface area contributed by atoms with Gasteiger partial charge in [0, 0.05) is 6.42 Å². The van der Waals surface area contributed by atoms with Crippen LogP contribution in [0.4, 0.5) is 0 Å². The Balaban J connectivity index is 1.87. The van der Waals surface area contributed by atoms with E-state index in [-0.39, 0.29) is 0 Å². The van der Waals surface area contributed by atoms with Crippen molar-refractivity contribution in [3.8, 4) is 11.5 Å². The van der Waals surface area contributed by atoms with Crippen LogP contribution < -0.4 is 15.2 Å². The van der Waals surface area contributed by atoms with E-state index in [1.807, 2.05) is 24.3 Å². The van der Waals surface area contributed by atoms with Crippen molar-refractivity contribution in [3.05, 3.63) is 46.9 Å². The first-order valence-corrected chi connectivity index (χ1v) is 6.43. The summed E-state index contributed by atoms with van der Waals surface area (Å²) in [6.07, 6.45) is 0.739. The highest BCUT2D eigenvalue weighted by Crippen LogP contribution is 2.33. The van der Waals surface area contributed by atoms with Crippen molar-refractivity contribution in [3.63, 3.8) is 0 Å². The Morgan fingerprint density at radius 3 is 2.42 bits per heavy atom. The van der Waals surface area contributed by atoms with Gasteiger partial charge in [0.05, 0.1) is 6.54 Å². The molecule has 0 saturated heterocycles. The molecule has 1 aromatic carbocycles. The van der Waals surface area contributed by atoms with E-state index < -0.39 is 0 Å². The Hall–Kier alpha value is -1.94. The molecule has 0 radical (unpaired) electrons. The highest BCUT2D eigenvalue weighted by Gasteiger charge is 2.15. The maximum absolute atomic E-state index is 5.64. The summed E-state index contributed by atoms with van der Waals surface area (Å²) >= 11 is 0. The highest BCUT2D eigenvalue weighted by molar-refractivity contribution is 5.48. The van der Waals surface area contributed by atoms with E-state index in [0.29, 0.717) is 19.8 Å². The Labute approximate surface area is 112 Å². The summed E-state index contributed by atoms with van der Waals surface area (Å²) < 4.78 is 16.8. The minimum absolute atomic E-state index is 0.431. The van der Waals surface area contributed by atoms with Gasteiger partial charge in [0.2, 0.25) is 0 Å². The number of fused-ring (bicyclic) bond motifs is 1. The number of hydrogen-bond acceptors (Lipinski definition) is 4. The minimum Gasteiger partial charge on any atom is -0.486 e. The van der Waals surface area contributed by atoms with Gasteiger partial charge < -0.3 is 19.6 Å². The molecule has 0 amide bonds. The van der Waals surface area contributed by atoms with E-state index >= 15 is 0 Å². The van der Waals surface area contributed by atoms with Gasteiger partial charge in [-0.15, -0.1) is 0 Å². The molecule has 4 nitrogen and oxygen atoms in total. The average Bonchev–Trinajstić information content (AvgIpc) is 2.87. The fraction of sp³-hybridized carbons (Fsp3) is 0.333. The molecule has 2 heterocycles. The SMILES string of the molecule is Cc1cc2c(cc1Cc1ccc(CN)o1)OCCO2. The second kappa shape index (κ2) is 4.97. The maximum atomic E-state index is 5.64. The molecular weight excluding hydrogens is 242 g/mol. The van der Waals surface area contributed by atoms with Gasteiger partial charge in [-0.25, -0.2) is 0 Å². The van der Waals surface area contributed by atoms with Gasteiger partial charge >= 0.3 is 0 Å². The molecule has 2 aromatic rings. The Morgan fingerprint density at radius 2 is 1.74 bits per heavy atom. The van der Waals surface area contributed by atoms with Crippen LogP contribution in [0.2, 0.25) is 0 Å². The molecule has 1 aliphatic rings. The van der Waals surface area contributed by atoms with E-state index in [4.69, 9.17) is 19.6 Å². The van der Waals surface area contributed by atoms with Crippen molar-refractivity contribution in [2.75, 3.05) is 13.2 Å². The van der Waals surface area contributed by atoms with Gasteiger partial charge in [-0.05, 0) is 42.3 Å². The van der Waals surface area contributed by atoms with Crippen molar-refractivity contribution in [2.24, 2.45) is 5.73 Å². The second-order valence-electron chi connectivity index (χ2n) is 4.67. The summed E-state index contributed by atoms with van der Waals surface area (Å²) in [6.45, 7) is 3.72. The van der Waals surface area contributed by atoms with Crippen LogP contribution >= 0.6 is 0 Å². The van der Waals surface area contributed by atoms with Gasteiger partial charge in [-0.2, -0.15) is 0 Å². The molecule has 0 aliphatic carbocycles. The predicted molar refractivity (Wildman–Crippen MR) is 71.6 cm³/mol. The van der Waals surface area contributed by atoms with Crippen LogP contribution in [0.5, 0.6) is 11.5 Å². The lowest BCUT2D eigenvalue weighted by Crippen LogP contribution is -2.15. The van der Waals surface area contributed by atoms with Crippen molar-refractivity contribution >= 4 is 0 Å². The number of aryl methyl sites for hydroxylation is 1. The predicted octanol–water partition coefficient (Wildman–Crippen LogP) is 2.41. The molecule has 1 aliphatic heterocycles. The van der Waals surface area contributed by atoms with Gasteiger partial charge in [0.1, 0.15) is 24.7 Å². The minimum atomic E-state index is 0.431. The third-order valence-corrected chi connectivity index (χ3v) is 3.28. The number of hydrogen-bond donors (Lipinski definition) is 1. The zero-order valence-electron chi connectivity index (χ0n) is 10.9. The van der Waals surface area contributed by atoms with Crippen LogP contribution in [0.3, 0.4) is 0 Å².